The van der Waals surface area contributed by atoms with Crippen LogP contribution in [0.1, 0.15) is 25.0 Å². The number of ether oxygens (including phenoxy) is 1. The summed E-state index contributed by atoms with van der Waals surface area (Å²) in [7, 11) is 0. The van der Waals surface area contributed by atoms with E-state index < -0.39 is 0 Å². The average molecular weight is 274 g/mol. The first-order chi connectivity index (χ1) is 8.22. The Hall–Kier alpha value is -0.280. The fraction of sp³-hybridized carbons (Fsp3) is 0.538. The van der Waals surface area contributed by atoms with Gasteiger partial charge in [-0.3, -0.25) is 0 Å². The van der Waals surface area contributed by atoms with Crippen molar-refractivity contribution in [3.05, 3.63) is 33.8 Å². The van der Waals surface area contributed by atoms with E-state index in [-0.39, 0.29) is 6.10 Å². The molecule has 1 heterocycles. The van der Waals surface area contributed by atoms with Gasteiger partial charge in [0.05, 0.1) is 16.1 Å². The summed E-state index contributed by atoms with van der Waals surface area (Å²) in [5, 5.41) is 4.47. The van der Waals surface area contributed by atoms with Crippen LogP contribution in [0.3, 0.4) is 0 Å². The molecule has 0 aromatic heterocycles. The quantitative estimate of drug-likeness (QED) is 0.884. The zero-order valence-electron chi connectivity index (χ0n) is 9.88. The molecule has 94 valence electrons. The minimum absolute atomic E-state index is 0.131. The molecule has 0 bridgehead atoms. The molecule has 0 amide bonds. The second kappa shape index (κ2) is 6.05. The van der Waals surface area contributed by atoms with E-state index in [0.29, 0.717) is 16.0 Å². The van der Waals surface area contributed by atoms with E-state index in [9.17, 15) is 0 Å². The van der Waals surface area contributed by atoms with Gasteiger partial charge in [0.1, 0.15) is 0 Å². The van der Waals surface area contributed by atoms with Crippen LogP contribution in [0.4, 0.5) is 0 Å². The van der Waals surface area contributed by atoms with Gasteiger partial charge in [0.2, 0.25) is 0 Å². The summed E-state index contributed by atoms with van der Waals surface area (Å²) in [5.41, 5.74) is 1.12. The third-order valence-electron chi connectivity index (χ3n) is 3.01. The SMILES string of the molecule is CCCO[C@@H](c1ccc(Cl)c(Cl)c1)C1CNC1. The molecular weight excluding hydrogens is 257 g/mol. The van der Waals surface area contributed by atoms with Crippen molar-refractivity contribution in [1.29, 1.82) is 0 Å². The Bertz CT molecular complexity index is 380. The van der Waals surface area contributed by atoms with Crippen molar-refractivity contribution in [2.75, 3.05) is 19.7 Å². The fourth-order valence-corrected chi connectivity index (χ4v) is 2.27. The Morgan fingerprint density at radius 2 is 2.12 bits per heavy atom. The highest BCUT2D eigenvalue weighted by Crippen LogP contribution is 2.32. The van der Waals surface area contributed by atoms with Crippen LogP contribution in [0.15, 0.2) is 18.2 Å². The van der Waals surface area contributed by atoms with Gasteiger partial charge in [0.15, 0.2) is 0 Å². The Balaban J connectivity index is 2.15. The fourth-order valence-electron chi connectivity index (χ4n) is 1.96. The average Bonchev–Trinajstić information content (AvgIpc) is 2.25. The number of nitrogens with one attached hydrogen (secondary N) is 1. The minimum Gasteiger partial charge on any atom is -0.373 e. The largest absolute Gasteiger partial charge is 0.373 e. The number of rotatable bonds is 5. The summed E-state index contributed by atoms with van der Waals surface area (Å²) < 4.78 is 5.93. The zero-order valence-corrected chi connectivity index (χ0v) is 11.4. The molecule has 1 aromatic rings. The molecule has 0 radical (unpaired) electrons. The maximum absolute atomic E-state index is 6.05. The molecule has 1 aliphatic rings. The van der Waals surface area contributed by atoms with Gasteiger partial charge >= 0.3 is 0 Å². The first-order valence-electron chi connectivity index (χ1n) is 5.99. The summed E-state index contributed by atoms with van der Waals surface area (Å²) in [5.74, 6) is 0.541. The van der Waals surface area contributed by atoms with Crippen LogP contribution < -0.4 is 5.32 Å². The number of hydrogen-bond donors (Lipinski definition) is 1. The van der Waals surface area contributed by atoms with Crippen LogP contribution in [-0.2, 0) is 4.74 Å². The number of benzene rings is 1. The second-order valence-corrected chi connectivity index (χ2v) is 5.20. The Labute approximate surface area is 112 Å². The molecule has 4 heteroatoms. The molecule has 1 aromatic carbocycles. The molecule has 2 rings (SSSR count). The zero-order chi connectivity index (χ0) is 12.3. The van der Waals surface area contributed by atoms with Crippen LogP contribution in [0.2, 0.25) is 10.0 Å². The van der Waals surface area contributed by atoms with Crippen LogP contribution in [0.5, 0.6) is 0 Å². The summed E-state index contributed by atoms with van der Waals surface area (Å²) in [4.78, 5) is 0. The van der Waals surface area contributed by atoms with E-state index in [1.54, 1.807) is 0 Å². The van der Waals surface area contributed by atoms with Gasteiger partial charge in [-0.15, -0.1) is 0 Å². The highest BCUT2D eigenvalue weighted by molar-refractivity contribution is 6.42. The van der Waals surface area contributed by atoms with Crippen molar-refractivity contribution in [3.8, 4) is 0 Å². The molecule has 2 nitrogen and oxygen atoms in total. The van der Waals surface area contributed by atoms with Gasteiger partial charge in [0.25, 0.3) is 0 Å². The third-order valence-corrected chi connectivity index (χ3v) is 3.75. The van der Waals surface area contributed by atoms with E-state index in [1.165, 1.54) is 0 Å². The number of hydrogen-bond acceptors (Lipinski definition) is 2. The third kappa shape index (κ3) is 3.14. The van der Waals surface area contributed by atoms with Gasteiger partial charge in [-0.2, -0.15) is 0 Å². The van der Waals surface area contributed by atoms with E-state index in [2.05, 4.69) is 12.2 Å². The lowest BCUT2D eigenvalue weighted by Gasteiger charge is -2.35. The second-order valence-electron chi connectivity index (χ2n) is 4.38. The molecule has 1 atom stereocenters. The molecule has 0 saturated carbocycles. The van der Waals surface area contributed by atoms with Gasteiger partial charge in [-0.1, -0.05) is 36.2 Å². The summed E-state index contributed by atoms with van der Waals surface area (Å²) in [6.45, 7) is 4.91. The monoisotopic (exact) mass is 273 g/mol. The number of halogens is 2. The first-order valence-corrected chi connectivity index (χ1v) is 6.75. The van der Waals surface area contributed by atoms with E-state index >= 15 is 0 Å². The lowest BCUT2D eigenvalue weighted by molar-refractivity contribution is -0.00610. The summed E-state index contributed by atoms with van der Waals surface area (Å²) >= 11 is 12.0. The van der Waals surface area contributed by atoms with Crippen LogP contribution in [0.25, 0.3) is 0 Å². The van der Waals surface area contributed by atoms with Crippen molar-refractivity contribution < 1.29 is 4.74 Å². The van der Waals surface area contributed by atoms with Gasteiger partial charge < -0.3 is 10.1 Å². The van der Waals surface area contributed by atoms with Gasteiger partial charge in [0, 0.05) is 25.6 Å². The molecule has 0 spiro atoms. The minimum atomic E-state index is 0.131. The van der Waals surface area contributed by atoms with Crippen molar-refractivity contribution in [1.82, 2.24) is 5.32 Å². The highest BCUT2D eigenvalue weighted by atomic mass is 35.5. The molecular formula is C13H17Cl2NO. The molecule has 1 fully saturated rings. The van der Waals surface area contributed by atoms with Crippen molar-refractivity contribution in [2.45, 2.75) is 19.4 Å². The lowest BCUT2D eigenvalue weighted by atomic mass is 9.91. The van der Waals surface area contributed by atoms with Gasteiger partial charge in [-0.05, 0) is 24.1 Å². The predicted molar refractivity (Wildman–Crippen MR) is 71.8 cm³/mol. The maximum atomic E-state index is 6.05. The highest BCUT2D eigenvalue weighted by Gasteiger charge is 2.29. The molecule has 17 heavy (non-hydrogen) atoms. The normalized spacial score (nSPS) is 17.8. The Morgan fingerprint density at radius 3 is 2.65 bits per heavy atom. The molecule has 1 saturated heterocycles. The smallest absolute Gasteiger partial charge is 0.0877 e. The summed E-state index contributed by atoms with van der Waals surface area (Å²) in [6.07, 6.45) is 1.16. The molecule has 1 aliphatic heterocycles. The summed E-state index contributed by atoms with van der Waals surface area (Å²) in [6, 6.07) is 5.77. The predicted octanol–water partition coefficient (Wildman–Crippen LogP) is 3.68. The maximum Gasteiger partial charge on any atom is 0.0877 e. The van der Waals surface area contributed by atoms with Crippen molar-refractivity contribution in [2.24, 2.45) is 5.92 Å². The van der Waals surface area contributed by atoms with Crippen molar-refractivity contribution in [3.63, 3.8) is 0 Å². The topological polar surface area (TPSA) is 21.3 Å². The van der Waals surface area contributed by atoms with Gasteiger partial charge in [-0.25, -0.2) is 0 Å². The van der Waals surface area contributed by atoms with Crippen molar-refractivity contribution >= 4 is 23.2 Å². The lowest BCUT2D eigenvalue weighted by Crippen LogP contribution is -2.46. The molecule has 0 aliphatic carbocycles. The van der Waals surface area contributed by atoms with E-state index in [4.69, 9.17) is 27.9 Å². The van der Waals surface area contributed by atoms with E-state index in [0.717, 1.165) is 31.7 Å². The first kappa shape index (κ1) is 13.2. The van der Waals surface area contributed by atoms with Crippen LogP contribution >= 0.6 is 23.2 Å². The van der Waals surface area contributed by atoms with E-state index in [1.807, 2.05) is 18.2 Å². The molecule has 0 unspecified atom stereocenters. The van der Waals surface area contributed by atoms with Crippen LogP contribution in [-0.4, -0.2) is 19.7 Å². The Morgan fingerprint density at radius 1 is 1.35 bits per heavy atom. The standard InChI is InChI=1S/C13H17Cl2NO/c1-2-5-17-13(10-7-16-8-10)9-3-4-11(14)12(15)6-9/h3-4,6,10,13,16H,2,5,7-8H2,1H3/t13-/m0/s1. The Kier molecular flexibility index (Phi) is 4.69. The van der Waals surface area contributed by atoms with Crippen LogP contribution in [0, 0.1) is 5.92 Å². The molecule has 1 N–H and O–H groups in total.